The van der Waals surface area contributed by atoms with Gasteiger partial charge in [-0.3, -0.25) is 5.41 Å². The van der Waals surface area contributed by atoms with Crippen molar-refractivity contribution in [2.45, 2.75) is 44.6 Å². The average molecular weight is 216 g/mol. The molecule has 4 heteroatoms. The first-order valence-corrected chi connectivity index (χ1v) is 8.08. The molecule has 0 aliphatic heterocycles. The van der Waals surface area contributed by atoms with Crippen molar-refractivity contribution >= 4 is 13.9 Å². The molecule has 14 heavy (non-hydrogen) atoms. The molecule has 0 bridgehead atoms. The number of aliphatic hydroxyl groups is 1. The summed E-state index contributed by atoms with van der Waals surface area (Å²) in [6.07, 6.45) is 0. The van der Waals surface area contributed by atoms with Gasteiger partial charge in [-0.2, -0.15) is 0 Å². The Hall–Kier alpha value is -0.353. The molecular formula is C10H24N2OSi. The van der Waals surface area contributed by atoms with E-state index in [1.165, 1.54) is 0 Å². The van der Waals surface area contributed by atoms with Crippen LogP contribution in [0.4, 0.5) is 0 Å². The molecule has 0 spiro atoms. The SMILES string of the molecule is CC[Si](CC)(CC)C(O)C(=N)N(C)C. The van der Waals surface area contributed by atoms with Crippen LogP contribution in [0.5, 0.6) is 0 Å². The smallest absolute Gasteiger partial charge is 0.121 e. The lowest BCUT2D eigenvalue weighted by Gasteiger charge is -2.35. The Morgan fingerprint density at radius 3 is 1.79 bits per heavy atom. The van der Waals surface area contributed by atoms with Crippen LogP contribution < -0.4 is 0 Å². The van der Waals surface area contributed by atoms with Gasteiger partial charge >= 0.3 is 0 Å². The quantitative estimate of drug-likeness (QED) is 0.419. The van der Waals surface area contributed by atoms with E-state index in [1.807, 2.05) is 14.1 Å². The van der Waals surface area contributed by atoms with Crippen molar-refractivity contribution in [1.29, 1.82) is 5.41 Å². The Kier molecular flexibility index (Phi) is 5.37. The molecule has 3 nitrogen and oxygen atoms in total. The van der Waals surface area contributed by atoms with E-state index in [9.17, 15) is 5.11 Å². The topological polar surface area (TPSA) is 47.3 Å². The Bertz CT molecular complexity index is 182. The number of hydrogen-bond donors (Lipinski definition) is 2. The first-order chi connectivity index (χ1) is 6.45. The molecule has 0 saturated heterocycles. The molecule has 84 valence electrons. The van der Waals surface area contributed by atoms with Gasteiger partial charge in [0.2, 0.25) is 0 Å². The molecule has 1 unspecified atom stereocenters. The fraction of sp³-hybridized carbons (Fsp3) is 0.900. The molecule has 0 aliphatic rings. The van der Waals surface area contributed by atoms with Crippen LogP contribution in [0.2, 0.25) is 18.1 Å². The normalized spacial score (nSPS) is 13.9. The summed E-state index contributed by atoms with van der Waals surface area (Å²) in [6, 6.07) is 3.16. The third-order valence-corrected chi connectivity index (χ3v) is 9.09. The van der Waals surface area contributed by atoms with Gasteiger partial charge < -0.3 is 10.0 Å². The van der Waals surface area contributed by atoms with Crippen molar-refractivity contribution < 1.29 is 5.11 Å². The summed E-state index contributed by atoms with van der Waals surface area (Å²) in [6.45, 7) is 6.43. The second-order valence-corrected chi connectivity index (χ2v) is 9.50. The lowest BCUT2D eigenvalue weighted by Crippen LogP contribution is -2.53. The zero-order valence-electron chi connectivity index (χ0n) is 10.1. The highest BCUT2D eigenvalue weighted by Gasteiger charge is 2.38. The summed E-state index contributed by atoms with van der Waals surface area (Å²) in [4.78, 5) is 1.72. The summed E-state index contributed by atoms with van der Waals surface area (Å²) in [7, 11) is 1.99. The summed E-state index contributed by atoms with van der Waals surface area (Å²) in [5.41, 5.74) is -0.502. The van der Waals surface area contributed by atoms with E-state index >= 15 is 0 Å². The van der Waals surface area contributed by atoms with E-state index in [4.69, 9.17) is 5.41 Å². The van der Waals surface area contributed by atoms with Crippen LogP contribution in [0.25, 0.3) is 0 Å². The van der Waals surface area contributed by atoms with Crippen molar-refractivity contribution in [2.75, 3.05) is 14.1 Å². The fourth-order valence-corrected chi connectivity index (χ4v) is 5.36. The molecule has 1 atom stereocenters. The summed E-state index contributed by atoms with van der Waals surface area (Å²) >= 11 is 0. The van der Waals surface area contributed by atoms with E-state index < -0.39 is 13.8 Å². The van der Waals surface area contributed by atoms with Crippen molar-refractivity contribution in [2.24, 2.45) is 0 Å². The zero-order valence-corrected chi connectivity index (χ0v) is 11.1. The van der Waals surface area contributed by atoms with Crippen LogP contribution in [0.1, 0.15) is 20.8 Å². The van der Waals surface area contributed by atoms with Crippen molar-refractivity contribution in [3.05, 3.63) is 0 Å². The van der Waals surface area contributed by atoms with Gasteiger partial charge in [-0.1, -0.05) is 38.9 Å². The van der Waals surface area contributed by atoms with Crippen LogP contribution in [-0.2, 0) is 0 Å². The maximum absolute atomic E-state index is 10.2. The van der Waals surface area contributed by atoms with Crippen LogP contribution in [-0.4, -0.2) is 43.7 Å². The molecule has 0 saturated carbocycles. The lowest BCUT2D eigenvalue weighted by molar-refractivity contribution is 0.287. The molecule has 0 heterocycles. The number of hydrogen-bond acceptors (Lipinski definition) is 2. The van der Waals surface area contributed by atoms with Gasteiger partial charge in [-0.25, -0.2) is 0 Å². The monoisotopic (exact) mass is 216 g/mol. The zero-order chi connectivity index (χ0) is 11.4. The van der Waals surface area contributed by atoms with Crippen LogP contribution in [0.3, 0.4) is 0 Å². The minimum atomic E-state index is -1.66. The Morgan fingerprint density at radius 1 is 1.21 bits per heavy atom. The lowest BCUT2D eigenvalue weighted by atomic mass is 10.6. The minimum absolute atomic E-state index is 0.377. The second-order valence-electron chi connectivity index (χ2n) is 4.11. The Labute approximate surface area is 88.6 Å². The van der Waals surface area contributed by atoms with E-state index in [-0.39, 0.29) is 0 Å². The molecule has 0 amide bonds. The van der Waals surface area contributed by atoms with Crippen LogP contribution >= 0.6 is 0 Å². The van der Waals surface area contributed by atoms with E-state index in [1.54, 1.807) is 4.90 Å². The van der Waals surface area contributed by atoms with Gasteiger partial charge in [0.05, 0.1) is 8.07 Å². The number of amidine groups is 1. The standard InChI is InChI=1S/C10H24N2OSi/c1-6-14(7-2,8-3)10(13)9(11)12(4)5/h10-11,13H,6-8H2,1-5H3. The summed E-state index contributed by atoms with van der Waals surface area (Å²) < 4.78 is 0. The third-order valence-electron chi connectivity index (χ3n) is 3.43. The summed E-state index contributed by atoms with van der Waals surface area (Å²) in [5.74, 6) is 0.377. The molecule has 2 N–H and O–H groups in total. The van der Waals surface area contributed by atoms with Crippen molar-refractivity contribution in [3.63, 3.8) is 0 Å². The largest absolute Gasteiger partial charge is 0.389 e. The van der Waals surface area contributed by atoms with E-state index in [0.29, 0.717) is 5.84 Å². The molecular weight excluding hydrogens is 192 g/mol. The number of nitrogens with zero attached hydrogens (tertiary/aromatic N) is 1. The first kappa shape index (κ1) is 13.6. The molecule has 0 rings (SSSR count). The van der Waals surface area contributed by atoms with Gasteiger partial charge in [0.1, 0.15) is 11.6 Å². The fourth-order valence-electron chi connectivity index (χ4n) is 1.86. The van der Waals surface area contributed by atoms with Crippen LogP contribution in [0.15, 0.2) is 0 Å². The highest BCUT2D eigenvalue weighted by Crippen LogP contribution is 2.25. The van der Waals surface area contributed by atoms with Crippen molar-refractivity contribution in [1.82, 2.24) is 4.90 Å². The number of likely N-dealkylation sites (N-methyl/N-ethyl adjacent to an activating group) is 1. The predicted molar refractivity (Wildman–Crippen MR) is 64.6 cm³/mol. The average Bonchev–Trinajstić information content (AvgIpc) is 2.19. The van der Waals surface area contributed by atoms with E-state index in [0.717, 1.165) is 18.1 Å². The van der Waals surface area contributed by atoms with Gasteiger partial charge in [0.25, 0.3) is 0 Å². The second kappa shape index (κ2) is 5.51. The molecule has 0 aliphatic carbocycles. The molecule has 0 aromatic carbocycles. The predicted octanol–water partition coefficient (Wildman–Crippen LogP) is 1.93. The number of rotatable bonds is 5. The van der Waals surface area contributed by atoms with Gasteiger partial charge in [-0.05, 0) is 0 Å². The van der Waals surface area contributed by atoms with Gasteiger partial charge in [0, 0.05) is 14.1 Å². The molecule has 0 aromatic rings. The highest BCUT2D eigenvalue weighted by molar-refractivity contribution is 6.83. The minimum Gasteiger partial charge on any atom is -0.389 e. The van der Waals surface area contributed by atoms with Crippen molar-refractivity contribution in [3.8, 4) is 0 Å². The Balaban J connectivity index is 4.75. The number of nitrogens with one attached hydrogen (secondary N) is 1. The Morgan fingerprint density at radius 2 is 1.57 bits per heavy atom. The van der Waals surface area contributed by atoms with Gasteiger partial charge in [-0.15, -0.1) is 0 Å². The summed E-state index contributed by atoms with van der Waals surface area (Å²) in [5, 5.41) is 18.0. The maximum atomic E-state index is 10.2. The molecule has 0 radical (unpaired) electrons. The third kappa shape index (κ3) is 2.57. The van der Waals surface area contributed by atoms with E-state index in [2.05, 4.69) is 20.8 Å². The highest BCUT2D eigenvalue weighted by atomic mass is 28.3. The molecule has 0 aromatic heterocycles. The van der Waals surface area contributed by atoms with Gasteiger partial charge in [0.15, 0.2) is 0 Å². The van der Waals surface area contributed by atoms with Crippen LogP contribution in [0, 0.1) is 5.41 Å². The molecule has 0 fully saturated rings. The number of aliphatic hydroxyl groups excluding tert-OH is 1. The first-order valence-electron chi connectivity index (χ1n) is 5.39. The maximum Gasteiger partial charge on any atom is 0.121 e.